The summed E-state index contributed by atoms with van der Waals surface area (Å²) in [5, 5.41) is 9.37. The predicted octanol–water partition coefficient (Wildman–Crippen LogP) is 9.80. The molecule has 0 spiro atoms. The monoisotopic (exact) mass is 702 g/mol. The van der Waals surface area contributed by atoms with E-state index >= 15 is 0 Å². The Bertz CT molecular complexity index is 1920. The number of carbonyl (C=O) groups excluding carboxylic acids is 2. The van der Waals surface area contributed by atoms with Crippen LogP contribution in [0.5, 0.6) is 29.1 Å². The second-order valence-electron chi connectivity index (χ2n) is 10.8. The number of halogens is 1. The molecule has 0 aliphatic rings. The second kappa shape index (κ2) is 18.6. The van der Waals surface area contributed by atoms with Crippen LogP contribution in [0.2, 0.25) is 4.47 Å². The van der Waals surface area contributed by atoms with Crippen LogP contribution >= 0.6 is 22.9 Å². The van der Waals surface area contributed by atoms with Gasteiger partial charge in [0.15, 0.2) is 33.0 Å². The van der Waals surface area contributed by atoms with E-state index in [4.69, 9.17) is 30.2 Å². The first kappa shape index (κ1) is 36.9. The number of methoxy groups -OCH3 is 2. The Labute approximate surface area is 294 Å². The Morgan fingerprint density at radius 2 is 1.35 bits per heavy atom. The number of phenols is 1. The van der Waals surface area contributed by atoms with Crippen LogP contribution in [0.1, 0.15) is 50.7 Å². The highest BCUT2D eigenvalue weighted by molar-refractivity contribution is 7.22. The summed E-state index contributed by atoms with van der Waals surface area (Å²) in [5.41, 5.74) is 4.42. The lowest BCUT2D eigenvalue weighted by molar-refractivity contribution is -0.119. The number of Topliss-reactive ketones (excluding diaryl/α,β-unsaturated/α-hetero) is 2. The van der Waals surface area contributed by atoms with Crippen LogP contribution in [-0.4, -0.2) is 40.9 Å². The standard InChI is InChI=1S/C19H19NO4.C12H16O3.C7H4ClNS/c1-3-14(21)10-8-13-9-11-17(18(12-13)22-2)24-19-20-15-6-4-5-7-16(15)23-19;1-3-10(13)6-4-9-5-7-11(14)12(8-9)15-2;8-7-9-5-3-1-2-4-6(5)10-7/h4-7,9,11-12H,3,8,10H2,1-2H3;5,7-8,14H,3-4,6H2,1-2H3;1-4H. The summed E-state index contributed by atoms with van der Waals surface area (Å²) in [5.74, 6) is 2.19. The number of aromatic hydroxyl groups is 1. The van der Waals surface area contributed by atoms with Crippen molar-refractivity contribution < 1.29 is 33.3 Å². The molecule has 2 aromatic heterocycles. The molecular formula is C38H39ClN2O7S. The number of aryl methyl sites for hydroxylation is 2. The quantitative estimate of drug-likeness (QED) is 0.133. The molecule has 11 heteroatoms. The Hall–Kier alpha value is -4.93. The average Bonchev–Trinajstić information content (AvgIpc) is 3.72. The molecule has 0 radical (unpaired) electrons. The first-order chi connectivity index (χ1) is 23.7. The summed E-state index contributed by atoms with van der Waals surface area (Å²) in [6, 6.07) is 26.1. The lowest BCUT2D eigenvalue weighted by atomic mass is 10.1. The van der Waals surface area contributed by atoms with E-state index in [1.165, 1.54) is 18.4 Å². The highest BCUT2D eigenvalue weighted by Crippen LogP contribution is 2.34. The molecule has 0 bridgehead atoms. The Kier molecular flexibility index (Phi) is 14.0. The van der Waals surface area contributed by atoms with Crippen LogP contribution in [0.25, 0.3) is 21.3 Å². The second-order valence-corrected chi connectivity index (χ2v) is 12.4. The molecule has 0 saturated carbocycles. The topological polar surface area (TPSA) is 121 Å². The average molecular weight is 703 g/mol. The Balaban J connectivity index is 0.000000183. The third-order valence-electron chi connectivity index (χ3n) is 7.39. The van der Waals surface area contributed by atoms with Gasteiger partial charge in [-0.15, -0.1) is 11.3 Å². The van der Waals surface area contributed by atoms with E-state index in [9.17, 15) is 14.7 Å². The van der Waals surface area contributed by atoms with Crippen molar-refractivity contribution in [1.82, 2.24) is 9.97 Å². The van der Waals surface area contributed by atoms with Crippen LogP contribution in [0.3, 0.4) is 0 Å². The Morgan fingerprint density at radius 3 is 1.96 bits per heavy atom. The summed E-state index contributed by atoms with van der Waals surface area (Å²) in [4.78, 5) is 31.0. The molecule has 6 aromatic rings. The number of ether oxygens (including phenoxy) is 3. The van der Waals surface area contributed by atoms with Gasteiger partial charge in [0.2, 0.25) is 0 Å². The van der Waals surface area contributed by atoms with Crippen molar-refractivity contribution in [3.63, 3.8) is 0 Å². The first-order valence-corrected chi connectivity index (χ1v) is 17.0. The van der Waals surface area contributed by atoms with Crippen molar-refractivity contribution in [1.29, 1.82) is 0 Å². The van der Waals surface area contributed by atoms with Crippen LogP contribution in [0.4, 0.5) is 0 Å². The van der Waals surface area contributed by atoms with E-state index in [2.05, 4.69) is 9.97 Å². The maximum absolute atomic E-state index is 11.5. The molecule has 0 saturated heterocycles. The molecule has 0 aliphatic heterocycles. The van der Waals surface area contributed by atoms with Gasteiger partial charge >= 0.3 is 6.08 Å². The molecule has 0 aliphatic carbocycles. The third-order valence-corrected chi connectivity index (χ3v) is 8.53. The van der Waals surface area contributed by atoms with E-state index in [1.807, 2.05) is 74.5 Å². The van der Waals surface area contributed by atoms with Crippen molar-refractivity contribution in [3.8, 4) is 29.1 Å². The van der Waals surface area contributed by atoms with Gasteiger partial charge < -0.3 is 23.7 Å². The van der Waals surface area contributed by atoms with Gasteiger partial charge in [0.25, 0.3) is 0 Å². The number of benzene rings is 4. The number of para-hydroxylation sites is 3. The van der Waals surface area contributed by atoms with Crippen molar-refractivity contribution in [2.45, 2.75) is 52.4 Å². The molecular weight excluding hydrogens is 664 g/mol. The van der Waals surface area contributed by atoms with E-state index in [1.54, 1.807) is 31.4 Å². The molecule has 4 aromatic carbocycles. The number of nitrogens with zero attached hydrogens (tertiary/aromatic N) is 2. The largest absolute Gasteiger partial charge is 0.504 e. The maximum Gasteiger partial charge on any atom is 0.400 e. The first-order valence-electron chi connectivity index (χ1n) is 15.8. The summed E-state index contributed by atoms with van der Waals surface area (Å²) in [6.07, 6.45) is 3.78. The normalized spacial score (nSPS) is 10.5. The number of hydrogen-bond donors (Lipinski definition) is 1. The molecule has 2 heterocycles. The van der Waals surface area contributed by atoms with E-state index < -0.39 is 0 Å². The summed E-state index contributed by atoms with van der Waals surface area (Å²) < 4.78 is 23.4. The molecule has 6 rings (SSSR count). The zero-order chi connectivity index (χ0) is 35.2. The summed E-state index contributed by atoms with van der Waals surface area (Å²) in [7, 11) is 3.09. The molecule has 0 fully saturated rings. The maximum atomic E-state index is 11.5. The molecule has 1 N–H and O–H groups in total. The van der Waals surface area contributed by atoms with Crippen molar-refractivity contribution in [2.24, 2.45) is 0 Å². The van der Waals surface area contributed by atoms with Gasteiger partial charge in [0.1, 0.15) is 17.1 Å². The molecule has 256 valence electrons. The minimum atomic E-state index is 0.128. The fraction of sp³-hybridized carbons (Fsp3) is 0.263. The van der Waals surface area contributed by atoms with E-state index in [0.717, 1.165) is 26.9 Å². The van der Waals surface area contributed by atoms with Crippen LogP contribution in [0.15, 0.2) is 89.3 Å². The minimum absolute atomic E-state index is 0.128. The van der Waals surface area contributed by atoms with Crippen molar-refractivity contribution in [3.05, 3.63) is 101 Å². The fourth-order valence-corrected chi connectivity index (χ4v) is 5.61. The smallest absolute Gasteiger partial charge is 0.400 e. The number of carbonyl (C=O) groups is 2. The molecule has 0 atom stereocenters. The van der Waals surface area contributed by atoms with Crippen molar-refractivity contribution >= 4 is 55.8 Å². The number of aromatic nitrogens is 2. The Morgan fingerprint density at radius 1 is 0.755 bits per heavy atom. The van der Waals surface area contributed by atoms with Gasteiger partial charge in [-0.05, 0) is 72.5 Å². The number of phenolic OH excluding ortho intramolecular Hbond substituents is 1. The minimum Gasteiger partial charge on any atom is -0.504 e. The summed E-state index contributed by atoms with van der Waals surface area (Å²) >= 11 is 7.20. The molecule has 0 amide bonds. The molecule has 0 unspecified atom stereocenters. The number of fused-ring (bicyclic) bond motifs is 2. The summed E-state index contributed by atoms with van der Waals surface area (Å²) in [6.45, 7) is 3.74. The number of ketones is 2. The lowest BCUT2D eigenvalue weighted by Gasteiger charge is -2.09. The van der Waals surface area contributed by atoms with E-state index in [-0.39, 0.29) is 23.4 Å². The van der Waals surface area contributed by atoms with Gasteiger partial charge in [0.05, 0.1) is 24.4 Å². The SMILES string of the molecule is CCC(=O)CCc1ccc(O)c(OC)c1.CCC(=O)CCc1ccc(Oc2nc3ccccc3o2)c(OC)c1.Clc1nc2ccccc2s1. The van der Waals surface area contributed by atoms with Gasteiger partial charge in [-0.1, -0.05) is 61.8 Å². The fourth-order valence-electron chi connectivity index (χ4n) is 4.58. The molecule has 9 nitrogen and oxygen atoms in total. The zero-order valence-electron chi connectivity index (χ0n) is 27.9. The highest BCUT2D eigenvalue weighted by atomic mass is 35.5. The highest BCUT2D eigenvalue weighted by Gasteiger charge is 2.13. The van der Waals surface area contributed by atoms with Gasteiger partial charge in [0, 0.05) is 25.7 Å². The number of oxazole rings is 1. The zero-order valence-corrected chi connectivity index (χ0v) is 29.5. The van der Waals surface area contributed by atoms with E-state index in [0.29, 0.717) is 65.8 Å². The third kappa shape index (κ3) is 11.1. The number of hydrogen-bond acceptors (Lipinski definition) is 10. The van der Waals surface area contributed by atoms with Crippen molar-refractivity contribution in [2.75, 3.05) is 14.2 Å². The van der Waals surface area contributed by atoms with Gasteiger partial charge in [-0.2, -0.15) is 4.98 Å². The number of thiazole rings is 1. The van der Waals surface area contributed by atoms with Crippen LogP contribution < -0.4 is 14.2 Å². The molecule has 49 heavy (non-hydrogen) atoms. The van der Waals surface area contributed by atoms with Crippen LogP contribution in [0, 0.1) is 0 Å². The van der Waals surface area contributed by atoms with Crippen LogP contribution in [-0.2, 0) is 22.4 Å². The van der Waals surface area contributed by atoms with Gasteiger partial charge in [-0.25, -0.2) is 4.98 Å². The lowest BCUT2D eigenvalue weighted by Crippen LogP contribution is -1.98. The number of rotatable bonds is 12. The van der Waals surface area contributed by atoms with Gasteiger partial charge in [-0.3, -0.25) is 9.59 Å². The predicted molar refractivity (Wildman–Crippen MR) is 194 cm³/mol.